The molecule has 2 N–H and O–H groups in total. The van der Waals surface area contributed by atoms with Crippen LogP contribution in [0, 0.1) is 0 Å². The first-order valence-electron chi connectivity index (χ1n) is 9.19. The maximum Gasteiger partial charge on any atom is 0.221 e. The molecule has 0 aromatic carbocycles. The summed E-state index contributed by atoms with van der Waals surface area (Å²) in [5.41, 5.74) is 0.128. The van der Waals surface area contributed by atoms with Crippen LogP contribution in [0.2, 0.25) is 0 Å². The van der Waals surface area contributed by atoms with Gasteiger partial charge in [0, 0.05) is 55.8 Å². The van der Waals surface area contributed by atoms with Crippen LogP contribution in [0.15, 0.2) is 0 Å². The molecular weight excluding hydrogens is 381 g/mol. The monoisotopic (exact) mass is 413 g/mol. The lowest BCUT2D eigenvalue weighted by molar-refractivity contribution is -0.123. The predicted octanol–water partition coefficient (Wildman–Crippen LogP) is 2.08. The van der Waals surface area contributed by atoms with Crippen molar-refractivity contribution in [2.24, 2.45) is 0 Å². The third kappa shape index (κ3) is 6.74. The molecule has 3 saturated heterocycles. The Morgan fingerprint density at radius 2 is 1.92 bits per heavy atom. The zero-order valence-electron chi connectivity index (χ0n) is 15.0. The fourth-order valence-corrected chi connectivity index (χ4v) is 4.98. The van der Waals surface area contributed by atoms with Crippen LogP contribution in [0.1, 0.15) is 38.5 Å². The second-order valence-corrected chi connectivity index (χ2v) is 8.24. The van der Waals surface area contributed by atoms with Crippen LogP contribution < -0.4 is 10.6 Å². The van der Waals surface area contributed by atoms with Crippen molar-refractivity contribution >= 4 is 42.5 Å². The molecule has 8 heteroatoms. The fraction of sp³-hybridized carbons (Fsp3) is 0.941. The van der Waals surface area contributed by atoms with Crippen molar-refractivity contribution in [3.05, 3.63) is 0 Å². The van der Waals surface area contributed by atoms with Gasteiger partial charge in [0.15, 0.2) is 0 Å². The van der Waals surface area contributed by atoms with E-state index in [1.165, 1.54) is 32.4 Å². The molecule has 25 heavy (non-hydrogen) atoms. The standard InChI is InChI=1S/C17H31N3O2S.2ClH/c21-16(12-15-13-23-11-6-18-15)19-14-17(4-9-22-10-5-17)20-7-2-1-3-8-20;;/h15,18H,1-14H2,(H,19,21);2*1H. The summed E-state index contributed by atoms with van der Waals surface area (Å²) in [5, 5.41) is 6.70. The quantitative estimate of drug-likeness (QED) is 0.722. The van der Waals surface area contributed by atoms with Crippen LogP contribution >= 0.6 is 36.6 Å². The average molecular weight is 414 g/mol. The van der Waals surface area contributed by atoms with Gasteiger partial charge in [0.05, 0.1) is 0 Å². The first kappa shape index (κ1) is 23.3. The molecule has 5 nitrogen and oxygen atoms in total. The van der Waals surface area contributed by atoms with Gasteiger partial charge in [0.1, 0.15) is 0 Å². The summed E-state index contributed by atoms with van der Waals surface area (Å²) in [6, 6.07) is 0.342. The van der Waals surface area contributed by atoms with Crippen LogP contribution in [0.5, 0.6) is 0 Å². The number of nitrogens with zero attached hydrogens (tertiary/aromatic N) is 1. The maximum atomic E-state index is 12.4. The number of carbonyl (C=O) groups excluding carboxylic acids is 1. The van der Waals surface area contributed by atoms with Crippen molar-refractivity contribution in [1.29, 1.82) is 0 Å². The number of rotatable bonds is 5. The summed E-state index contributed by atoms with van der Waals surface area (Å²) in [6.07, 6.45) is 6.63. The maximum absolute atomic E-state index is 12.4. The second-order valence-electron chi connectivity index (χ2n) is 7.09. The van der Waals surface area contributed by atoms with E-state index in [1.54, 1.807) is 0 Å². The lowest BCUT2D eigenvalue weighted by Gasteiger charge is -2.48. The minimum absolute atomic E-state index is 0. The summed E-state index contributed by atoms with van der Waals surface area (Å²) in [4.78, 5) is 15.0. The lowest BCUT2D eigenvalue weighted by atomic mass is 9.86. The van der Waals surface area contributed by atoms with E-state index in [0.717, 1.165) is 50.7 Å². The molecule has 3 heterocycles. The first-order valence-corrected chi connectivity index (χ1v) is 10.3. The van der Waals surface area contributed by atoms with Gasteiger partial charge >= 0.3 is 0 Å². The number of halogens is 2. The topological polar surface area (TPSA) is 53.6 Å². The molecule has 3 fully saturated rings. The van der Waals surface area contributed by atoms with E-state index in [0.29, 0.717) is 12.5 Å². The number of ether oxygens (including phenoxy) is 1. The third-order valence-electron chi connectivity index (χ3n) is 5.50. The van der Waals surface area contributed by atoms with Gasteiger partial charge < -0.3 is 15.4 Å². The fourth-order valence-electron chi connectivity index (χ4n) is 4.03. The molecule has 0 aliphatic carbocycles. The molecule has 0 aromatic heterocycles. The highest BCUT2D eigenvalue weighted by atomic mass is 35.5. The van der Waals surface area contributed by atoms with Gasteiger partial charge in [-0.05, 0) is 38.8 Å². The SMILES string of the molecule is Cl.Cl.O=C(CC1CSCCN1)NCC1(N2CCCCC2)CCOCC1. The number of likely N-dealkylation sites (tertiary alicyclic amines) is 1. The number of amides is 1. The predicted molar refractivity (Wildman–Crippen MR) is 109 cm³/mol. The Morgan fingerprint density at radius 1 is 1.20 bits per heavy atom. The zero-order valence-corrected chi connectivity index (χ0v) is 17.4. The van der Waals surface area contributed by atoms with Crippen molar-refractivity contribution in [1.82, 2.24) is 15.5 Å². The molecule has 0 spiro atoms. The molecule has 148 valence electrons. The van der Waals surface area contributed by atoms with Gasteiger partial charge in [-0.2, -0.15) is 11.8 Å². The average Bonchev–Trinajstić information content (AvgIpc) is 2.62. The molecule has 1 atom stereocenters. The Kier molecular flexibility index (Phi) is 11.1. The van der Waals surface area contributed by atoms with Gasteiger partial charge in [0.25, 0.3) is 0 Å². The summed E-state index contributed by atoms with van der Waals surface area (Å²) >= 11 is 1.95. The molecule has 0 radical (unpaired) electrons. The molecular formula is C17H33Cl2N3O2S. The van der Waals surface area contributed by atoms with E-state index in [4.69, 9.17) is 4.74 Å². The highest BCUT2D eigenvalue weighted by Gasteiger charge is 2.39. The summed E-state index contributed by atoms with van der Waals surface area (Å²) in [5.74, 6) is 2.42. The summed E-state index contributed by atoms with van der Waals surface area (Å²) < 4.78 is 5.59. The van der Waals surface area contributed by atoms with Crippen molar-refractivity contribution in [3.63, 3.8) is 0 Å². The van der Waals surface area contributed by atoms with Crippen LogP contribution in [0.25, 0.3) is 0 Å². The number of nitrogens with one attached hydrogen (secondary N) is 2. The Labute approximate surface area is 168 Å². The molecule has 0 saturated carbocycles. The number of hydrogen-bond donors (Lipinski definition) is 2. The van der Waals surface area contributed by atoms with Gasteiger partial charge in [0.2, 0.25) is 5.91 Å². The normalized spacial score (nSPS) is 26.8. The van der Waals surface area contributed by atoms with E-state index in [2.05, 4.69) is 15.5 Å². The van der Waals surface area contributed by atoms with E-state index in [-0.39, 0.29) is 36.3 Å². The van der Waals surface area contributed by atoms with Crippen LogP contribution in [0.4, 0.5) is 0 Å². The van der Waals surface area contributed by atoms with E-state index in [9.17, 15) is 4.79 Å². The highest BCUT2D eigenvalue weighted by molar-refractivity contribution is 7.99. The van der Waals surface area contributed by atoms with Crippen molar-refractivity contribution in [3.8, 4) is 0 Å². The van der Waals surface area contributed by atoms with Gasteiger partial charge in [-0.15, -0.1) is 24.8 Å². The molecule has 0 aromatic rings. The number of carbonyl (C=O) groups is 1. The molecule has 0 bridgehead atoms. The molecule has 1 unspecified atom stereocenters. The second kappa shape index (κ2) is 11.9. The largest absolute Gasteiger partial charge is 0.381 e. The van der Waals surface area contributed by atoms with E-state index in [1.807, 2.05) is 11.8 Å². The Morgan fingerprint density at radius 3 is 2.56 bits per heavy atom. The van der Waals surface area contributed by atoms with Gasteiger partial charge in [-0.25, -0.2) is 0 Å². The lowest BCUT2D eigenvalue weighted by Crippen LogP contribution is -2.59. The van der Waals surface area contributed by atoms with Crippen LogP contribution in [-0.2, 0) is 9.53 Å². The van der Waals surface area contributed by atoms with Crippen molar-refractivity contribution in [2.75, 3.05) is 50.9 Å². The van der Waals surface area contributed by atoms with E-state index >= 15 is 0 Å². The molecule has 3 aliphatic heterocycles. The third-order valence-corrected chi connectivity index (χ3v) is 6.63. The minimum Gasteiger partial charge on any atom is -0.381 e. The van der Waals surface area contributed by atoms with Crippen molar-refractivity contribution in [2.45, 2.75) is 50.1 Å². The summed E-state index contributed by atoms with van der Waals surface area (Å²) in [6.45, 7) is 5.82. The van der Waals surface area contributed by atoms with Gasteiger partial charge in [-0.3, -0.25) is 9.69 Å². The Bertz CT molecular complexity index is 386. The number of hydrogen-bond acceptors (Lipinski definition) is 5. The molecule has 1 amide bonds. The van der Waals surface area contributed by atoms with E-state index < -0.39 is 0 Å². The van der Waals surface area contributed by atoms with Crippen LogP contribution in [-0.4, -0.2) is 73.3 Å². The van der Waals surface area contributed by atoms with Crippen LogP contribution in [0.3, 0.4) is 0 Å². The molecule has 3 aliphatic rings. The first-order chi connectivity index (χ1) is 11.3. The Balaban J connectivity index is 0.00000156. The summed E-state index contributed by atoms with van der Waals surface area (Å²) in [7, 11) is 0. The number of piperidine rings is 1. The number of thioether (sulfide) groups is 1. The van der Waals surface area contributed by atoms with Crippen molar-refractivity contribution < 1.29 is 9.53 Å². The smallest absolute Gasteiger partial charge is 0.221 e. The Hall–Kier alpha value is 0.280. The highest BCUT2D eigenvalue weighted by Crippen LogP contribution is 2.30. The minimum atomic E-state index is 0. The molecule has 3 rings (SSSR count). The van der Waals surface area contributed by atoms with Gasteiger partial charge in [-0.1, -0.05) is 6.42 Å². The zero-order chi connectivity index (χ0) is 16.0.